The number of rotatable bonds is 7. The number of benzene rings is 2. The third-order valence-corrected chi connectivity index (χ3v) is 7.42. The van der Waals surface area contributed by atoms with Crippen molar-refractivity contribution in [2.75, 3.05) is 20.1 Å². The molecule has 2 aromatic rings. The van der Waals surface area contributed by atoms with Gasteiger partial charge in [-0.15, -0.1) is 0 Å². The maximum atomic E-state index is 13.6. The highest BCUT2D eigenvalue weighted by atomic mass is 79.9. The molecule has 1 fully saturated rings. The Morgan fingerprint density at radius 2 is 2.00 bits per heavy atom. The molecule has 184 valence electrons. The van der Waals surface area contributed by atoms with E-state index in [2.05, 4.69) is 26.3 Å². The number of aryl methyl sites for hydroxylation is 1. The predicted octanol–water partition coefficient (Wildman–Crippen LogP) is 3.96. The van der Waals surface area contributed by atoms with E-state index < -0.39 is 17.6 Å². The Bertz CT molecular complexity index is 1180. The zero-order valence-corrected chi connectivity index (χ0v) is 21.6. The standard InChI is InChI=1S/C25H26BrClN4O4/c1-30-23(33)25(14-16-5-3-2-4-6-16)15-31(12-11-21(25)29-30)22(32)20(28-24(34)35)10-8-17-7-9-18(26)13-19(17)27/h2-7,9,13,20,28H,8,10-12,14-15H2,1H3,(H,34,35). The Labute approximate surface area is 217 Å². The molecular formula is C25H26BrClN4O4. The average molecular weight is 562 g/mol. The van der Waals surface area contributed by atoms with Crippen molar-refractivity contribution >= 4 is 51.2 Å². The Morgan fingerprint density at radius 1 is 1.26 bits per heavy atom. The quantitative estimate of drug-likeness (QED) is 0.534. The smallest absolute Gasteiger partial charge is 0.405 e. The third-order valence-electron chi connectivity index (χ3n) is 6.58. The summed E-state index contributed by atoms with van der Waals surface area (Å²) in [5, 5.41) is 18.1. The number of hydrazone groups is 1. The molecule has 0 spiro atoms. The van der Waals surface area contributed by atoms with Gasteiger partial charge in [0.05, 0.1) is 5.71 Å². The number of fused-ring (bicyclic) bond motifs is 1. The zero-order valence-electron chi connectivity index (χ0n) is 19.2. The van der Waals surface area contributed by atoms with Crippen molar-refractivity contribution in [3.05, 3.63) is 69.2 Å². The van der Waals surface area contributed by atoms with E-state index >= 15 is 0 Å². The number of likely N-dealkylation sites (tertiary alicyclic amines) is 1. The zero-order chi connectivity index (χ0) is 25.2. The van der Waals surface area contributed by atoms with Crippen LogP contribution in [0.25, 0.3) is 0 Å². The first-order valence-electron chi connectivity index (χ1n) is 11.3. The lowest BCUT2D eigenvalue weighted by molar-refractivity contribution is -0.140. The summed E-state index contributed by atoms with van der Waals surface area (Å²) in [4.78, 5) is 40.0. The Hall–Kier alpha value is -2.91. The second kappa shape index (κ2) is 10.4. The van der Waals surface area contributed by atoms with Crippen LogP contribution in [0.15, 0.2) is 58.1 Å². The number of halogens is 2. The molecule has 2 heterocycles. The van der Waals surface area contributed by atoms with Crippen molar-refractivity contribution in [1.29, 1.82) is 0 Å². The molecule has 2 N–H and O–H groups in total. The number of carbonyl (C=O) groups excluding carboxylic acids is 2. The highest BCUT2D eigenvalue weighted by Gasteiger charge is 2.53. The number of carbonyl (C=O) groups is 3. The number of carboxylic acid groups (broad SMARTS) is 1. The largest absolute Gasteiger partial charge is 0.465 e. The number of hydrogen-bond acceptors (Lipinski definition) is 4. The topological polar surface area (TPSA) is 102 Å². The van der Waals surface area contributed by atoms with Gasteiger partial charge in [0.25, 0.3) is 5.91 Å². The fourth-order valence-electron chi connectivity index (χ4n) is 4.87. The summed E-state index contributed by atoms with van der Waals surface area (Å²) in [6, 6.07) is 14.1. The molecule has 2 unspecified atom stereocenters. The SMILES string of the molecule is CN1N=C2CCN(C(=O)C(CCc3ccc(Br)cc3Cl)NC(=O)O)CC2(Cc2ccccc2)C1=O. The normalized spacial score (nSPS) is 20.3. The molecule has 2 aromatic carbocycles. The third kappa shape index (κ3) is 5.36. The first-order valence-corrected chi connectivity index (χ1v) is 12.5. The highest BCUT2D eigenvalue weighted by Crippen LogP contribution is 2.38. The number of amides is 3. The lowest BCUT2D eigenvalue weighted by Crippen LogP contribution is -2.58. The van der Waals surface area contributed by atoms with Crippen molar-refractivity contribution in [3.63, 3.8) is 0 Å². The number of hydrogen-bond donors (Lipinski definition) is 2. The average Bonchev–Trinajstić information content (AvgIpc) is 3.06. The number of nitrogens with zero attached hydrogens (tertiary/aromatic N) is 3. The summed E-state index contributed by atoms with van der Waals surface area (Å²) in [7, 11) is 1.63. The van der Waals surface area contributed by atoms with Crippen LogP contribution in [0.1, 0.15) is 24.0 Å². The van der Waals surface area contributed by atoms with E-state index in [1.165, 1.54) is 5.01 Å². The van der Waals surface area contributed by atoms with Gasteiger partial charge in [-0.3, -0.25) is 9.59 Å². The van der Waals surface area contributed by atoms with Gasteiger partial charge in [0.2, 0.25) is 5.91 Å². The second-order valence-corrected chi connectivity index (χ2v) is 10.2. The van der Waals surface area contributed by atoms with Crippen molar-refractivity contribution in [2.24, 2.45) is 10.5 Å². The molecular weight excluding hydrogens is 536 g/mol. The highest BCUT2D eigenvalue weighted by molar-refractivity contribution is 9.10. The fourth-order valence-corrected chi connectivity index (χ4v) is 5.63. The summed E-state index contributed by atoms with van der Waals surface area (Å²) in [5.74, 6) is -0.507. The molecule has 10 heteroatoms. The van der Waals surface area contributed by atoms with Crippen LogP contribution in [-0.2, 0) is 22.4 Å². The van der Waals surface area contributed by atoms with Crippen molar-refractivity contribution in [1.82, 2.24) is 15.2 Å². The second-order valence-electron chi connectivity index (χ2n) is 8.91. The summed E-state index contributed by atoms with van der Waals surface area (Å²) < 4.78 is 0.836. The molecule has 4 rings (SSSR count). The van der Waals surface area contributed by atoms with Gasteiger partial charge in [0, 0.05) is 36.1 Å². The van der Waals surface area contributed by atoms with Crippen LogP contribution in [-0.4, -0.2) is 64.8 Å². The fraction of sp³-hybridized carbons (Fsp3) is 0.360. The Morgan fingerprint density at radius 3 is 2.69 bits per heavy atom. The Balaban J connectivity index is 1.55. The predicted molar refractivity (Wildman–Crippen MR) is 136 cm³/mol. The van der Waals surface area contributed by atoms with Crippen molar-refractivity contribution in [3.8, 4) is 0 Å². The minimum atomic E-state index is -1.28. The maximum absolute atomic E-state index is 13.6. The summed E-state index contributed by atoms with van der Waals surface area (Å²) >= 11 is 9.68. The van der Waals surface area contributed by atoms with Crippen molar-refractivity contribution < 1.29 is 19.5 Å². The van der Waals surface area contributed by atoms with E-state index in [0.29, 0.717) is 30.8 Å². The van der Waals surface area contributed by atoms with E-state index in [9.17, 15) is 19.5 Å². The lowest BCUT2D eigenvalue weighted by atomic mass is 9.73. The molecule has 1 saturated heterocycles. The van der Waals surface area contributed by atoms with E-state index in [0.717, 1.165) is 21.3 Å². The molecule has 2 atom stereocenters. The Kier molecular flexibility index (Phi) is 7.47. The van der Waals surface area contributed by atoms with Crippen molar-refractivity contribution in [2.45, 2.75) is 31.7 Å². The minimum Gasteiger partial charge on any atom is -0.465 e. The van der Waals surface area contributed by atoms with Gasteiger partial charge in [0.15, 0.2) is 0 Å². The molecule has 2 aliphatic rings. The van der Waals surface area contributed by atoms with Gasteiger partial charge >= 0.3 is 6.09 Å². The summed E-state index contributed by atoms with van der Waals surface area (Å²) in [6.45, 7) is 0.520. The molecule has 0 radical (unpaired) electrons. The monoisotopic (exact) mass is 560 g/mol. The molecule has 0 bridgehead atoms. The van der Waals surface area contributed by atoms with Gasteiger partial charge in [-0.2, -0.15) is 5.10 Å². The maximum Gasteiger partial charge on any atom is 0.405 e. The van der Waals surface area contributed by atoms with Crippen LogP contribution in [0.2, 0.25) is 5.02 Å². The first kappa shape index (κ1) is 25.2. The van der Waals surface area contributed by atoms with Crippen LogP contribution in [0.3, 0.4) is 0 Å². The van der Waals surface area contributed by atoms with Gasteiger partial charge in [-0.25, -0.2) is 9.80 Å². The molecule has 0 saturated carbocycles. The van der Waals surface area contributed by atoms with E-state index in [-0.39, 0.29) is 24.8 Å². The van der Waals surface area contributed by atoms with Gasteiger partial charge in [0.1, 0.15) is 11.5 Å². The van der Waals surface area contributed by atoms with Crippen LogP contribution < -0.4 is 5.32 Å². The molecule has 0 aromatic heterocycles. The molecule has 3 amide bonds. The van der Waals surface area contributed by atoms with Crippen LogP contribution >= 0.6 is 27.5 Å². The van der Waals surface area contributed by atoms with E-state index in [1.54, 1.807) is 18.0 Å². The minimum absolute atomic E-state index is 0.152. The number of piperidine rings is 1. The molecule has 0 aliphatic carbocycles. The lowest BCUT2D eigenvalue weighted by Gasteiger charge is -2.40. The molecule has 35 heavy (non-hydrogen) atoms. The molecule has 2 aliphatic heterocycles. The molecule has 8 nitrogen and oxygen atoms in total. The van der Waals surface area contributed by atoms with Gasteiger partial charge < -0.3 is 15.3 Å². The van der Waals surface area contributed by atoms with Gasteiger partial charge in [-0.05, 0) is 42.5 Å². The summed E-state index contributed by atoms with van der Waals surface area (Å²) in [6.07, 6.45) is 0.252. The summed E-state index contributed by atoms with van der Waals surface area (Å²) in [5.41, 5.74) is 1.61. The van der Waals surface area contributed by atoms with Gasteiger partial charge in [-0.1, -0.05) is 63.9 Å². The van der Waals surface area contributed by atoms with Crippen LogP contribution in [0.4, 0.5) is 4.79 Å². The number of nitrogens with one attached hydrogen (secondary N) is 1. The van der Waals surface area contributed by atoms with Crippen LogP contribution in [0, 0.1) is 5.41 Å². The van der Waals surface area contributed by atoms with E-state index in [1.807, 2.05) is 42.5 Å². The van der Waals surface area contributed by atoms with Crippen LogP contribution in [0.5, 0.6) is 0 Å². The first-order chi connectivity index (χ1) is 16.7. The van der Waals surface area contributed by atoms with E-state index in [4.69, 9.17) is 11.6 Å².